The molecule has 0 saturated heterocycles. The first kappa shape index (κ1) is 8.88. The highest BCUT2D eigenvalue weighted by atomic mass is 14.8. The fourth-order valence-electron chi connectivity index (χ4n) is 1.29. The molecule has 0 amide bonds. The van der Waals surface area contributed by atoms with E-state index < -0.39 is 0 Å². The largest absolute Gasteiger partial charge is 0.257 e. The van der Waals surface area contributed by atoms with Crippen molar-refractivity contribution in [3.63, 3.8) is 0 Å². The van der Waals surface area contributed by atoms with Gasteiger partial charge in [0.2, 0.25) is 0 Å². The van der Waals surface area contributed by atoms with Gasteiger partial charge in [0.1, 0.15) is 0 Å². The highest BCUT2D eigenvalue weighted by molar-refractivity contribution is 5.57. The molecule has 0 radical (unpaired) electrons. The van der Waals surface area contributed by atoms with E-state index in [2.05, 4.69) is 9.97 Å². The molecule has 14 heavy (non-hydrogen) atoms. The topological polar surface area (TPSA) is 25.8 Å². The summed E-state index contributed by atoms with van der Waals surface area (Å²) in [6.45, 7) is 3.95. The minimum Gasteiger partial charge on any atom is -0.257 e. The highest BCUT2D eigenvalue weighted by Gasteiger charge is 2.00. The van der Waals surface area contributed by atoms with Gasteiger partial charge in [-0.15, -0.1) is 0 Å². The zero-order valence-corrected chi connectivity index (χ0v) is 8.36. The smallest absolute Gasteiger partial charge is 0.0888 e. The minimum atomic E-state index is 0.939. The Labute approximate surface area is 83.7 Å². The van der Waals surface area contributed by atoms with Crippen LogP contribution in [0.25, 0.3) is 11.3 Å². The zero-order chi connectivity index (χ0) is 9.97. The number of hydrogen-bond donors (Lipinski definition) is 0. The summed E-state index contributed by atoms with van der Waals surface area (Å²) < 4.78 is 0. The van der Waals surface area contributed by atoms with Gasteiger partial charge in [-0.2, -0.15) is 0 Å². The first-order valence-corrected chi connectivity index (χ1v) is 4.63. The van der Waals surface area contributed by atoms with Crippen LogP contribution in [-0.2, 0) is 0 Å². The summed E-state index contributed by atoms with van der Waals surface area (Å²) in [5, 5.41) is 0. The lowest BCUT2D eigenvalue weighted by molar-refractivity contribution is 1.05. The Balaban J connectivity index is 2.48. The van der Waals surface area contributed by atoms with E-state index in [0.717, 1.165) is 22.6 Å². The number of aromatic nitrogens is 2. The first-order valence-electron chi connectivity index (χ1n) is 4.63. The molecular formula is C12H12N2. The Bertz CT molecular complexity index is 435. The average Bonchev–Trinajstić information content (AvgIpc) is 2.23. The SMILES string of the molecule is Cc1ncc(-c2ccccc2)nc1C. The minimum absolute atomic E-state index is 0.939. The van der Waals surface area contributed by atoms with Gasteiger partial charge in [0, 0.05) is 5.56 Å². The van der Waals surface area contributed by atoms with Crippen molar-refractivity contribution in [1.29, 1.82) is 0 Å². The Kier molecular flexibility index (Phi) is 2.27. The molecule has 70 valence electrons. The van der Waals surface area contributed by atoms with E-state index in [1.807, 2.05) is 50.4 Å². The number of hydrogen-bond acceptors (Lipinski definition) is 2. The maximum absolute atomic E-state index is 4.48. The molecule has 0 fully saturated rings. The molecule has 1 aromatic heterocycles. The molecular weight excluding hydrogens is 172 g/mol. The van der Waals surface area contributed by atoms with Crippen LogP contribution in [0, 0.1) is 13.8 Å². The van der Waals surface area contributed by atoms with Crippen LogP contribution in [0.15, 0.2) is 36.5 Å². The fourth-order valence-corrected chi connectivity index (χ4v) is 1.29. The van der Waals surface area contributed by atoms with Crippen LogP contribution in [0.1, 0.15) is 11.4 Å². The molecule has 0 aliphatic heterocycles. The molecule has 1 heterocycles. The Morgan fingerprint density at radius 2 is 1.64 bits per heavy atom. The molecule has 0 bridgehead atoms. The van der Waals surface area contributed by atoms with Crippen molar-refractivity contribution < 1.29 is 0 Å². The van der Waals surface area contributed by atoms with Crippen LogP contribution in [-0.4, -0.2) is 9.97 Å². The van der Waals surface area contributed by atoms with Crippen LogP contribution in [0.3, 0.4) is 0 Å². The van der Waals surface area contributed by atoms with Crippen molar-refractivity contribution in [1.82, 2.24) is 9.97 Å². The third-order valence-corrected chi connectivity index (χ3v) is 2.26. The second-order valence-corrected chi connectivity index (χ2v) is 3.29. The number of nitrogens with zero attached hydrogens (tertiary/aromatic N) is 2. The monoisotopic (exact) mass is 184 g/mol. The van der Waals surface area contributed by atoms with Crippen molar-refractivity contribution in [3.8, 4) is 11.3 Å². The van der Waals surface area contributed by atoms with Gasteiger partial charge in [-0.3, -0.25) is 4.98 Å². The van der Waals surface area contributed by atoms with Crippen molar-refractivity contribution in [3.05, 3.63) is 47.9 Å². The van der Waals surface area contributed by atoms with Gasteiger partial charge in [0.25, 0.3) is 0 Å². The summed E-state index contributed by atoms with van der Waals surface area (Å²) in [5.41, 5.74) is 4.04. The molecule has 0 aliphatic carbocycles. The molecule has 0 aliphatic rings. The van der Waals surface area contributed by atoms with E-state index in [9.17, 15) is 0 Å². The molecule has 2 rings (SSSR count). The van der Waals surface area contributed by atoms with E-state index in [0.29, 0.717) is 0 Å². The van der Waals surface area contributed by atoms with Gasteiger partial charge in [0.05, 0.1) is 23.3 Å². The zero-order valence-electron chi connectivity index (χ0n) is 8.36. The standard InChI is InChI=1S/C12H12N2/c1-9-10(2)14-12(8-13-9)11-6-4-3-5-7-11/h3-8H,1-2H3. The van der Waals surface area contributed by atoms with Crippen molar-refractivity contribution in [2.24, 2.45) is 0 Å². The molecule has 0 spiro atoms. The van der Waals surface area contributed by atoms with E-state index in [1.54, 1.807) is 0 Å². The van der Waals surface area contributed by atoms with Gasteiger partial charge >= 0.3 is 0 Å². The lowest BCUT2D eigenvalue weighted by Crippen LogP contribution is -1.93. The maximum Gasteiger partial charge on any atom is 0.0888 e. The second-order valence-electron chi connectivity index (χ2n) is 3.29. The lowest BCUT2D eigenvalue weighted by atomic mass is 10.1. The predicted molar refractivity (Wildman–Crippen MR) is 56.9 cm³/mol. The van der Waals surface area contributed by atoms with Crippen LogP contribution in [0.2, 0.25) is 0 Å². The van der Waals surface area contributed by atoms with Crippen molar-refractivity contribution >= 4 is 0 Å². The van der Waals surface area contributed by atoms with Gasteiger partial charge in [-0.05, 0) is 13.8 Å². The summed E-state index contributed by atoms with van der Waals surface area (Å²) in [4.78, 5) is 8.77. The summed E-state index contributed by atoms with van der Waals surface area (Å²) in [5.74, 6) is 0. The number of aryl methyl sites for hydroxylation is 2. The number of rotatable bonds is 1. The van der Waals surface area contributed by atoms with Crippen LogP contribution < -0.4 is 0 Å². The van der Waals surface area contributed by atoms with Crippen LogP contribution in [0.4, 0.5) is 0 Å². The van der Waals surface area contributed by atoms with Gasteiger partial charge < -0.3 is 0 Å². The van der Waals surface area contributed by atoms with Crippen LogP contribution >= 0.6 is 0 Å². The Morgan fingerprint density at radius 1 is 0.929 bits per heavy atom. The third kappa shape index (κ3) is 1.64. The van der Waals surface area contributed by atoms with E-state index in [1.165, 1.54) is 0 Å². The van der Waals surface area contributed by atoms with Crippen LogP contribution in [0.5, 0.6) is 0 Å². The molecule has 2 nitrogen and oxygen atoms in total. The van der Waals surface area contributed by atoms with E-state index in [4.69, 9.17) is 0 Å². The van der Waals surface area contributed by atoms with E-state index >= 15 is 0 Å². The molecule has 0 saturated carbocycles. The molecule has 1 aromatic carbocycles. The maximum atomic E-state index is 4.48. The van der Waals surface area contributed by atoms with Gasteiger partial charge in [-0.25, -0.2) is 4.98 Å². The Hall–Kier alpha value is -1.70. The first-order chi connectivity index (χ1) is 6.77. The second kappa shape index (κ2) is 3.58. The quantitative estimate of drug-likeness (QED) is 0.681. The molecule has 2 aromatic rings. The summed E-state index contributed by atoms with van der Waals surface area (Å²) >= 11 is 0. The van der Waals surface area contributed by atoms with Crippen molar-refractivity contribution in [2.45, 2.75) is 13.8 Å². The molecule has 0 unspecified atom stereocenters. The van der Waals surface area contributed by atoms with Crippen molar-refractivity contribution in [2.75, 3.05) is 0 Å². The summed E-state index contributed by atoms with van der Waals surface area (Å²) in [6.07, 6.45) is 1.82. The number of benzene rings is 1. The summed E-state index contributed by atoms with van der Waals surface area (Å²) in [6, 6.07) is 10.1. The van der Waals surface area contributed by atoms with Gasteiger partial charge in [-0.1, -0.05) is 30.3 Å². The lowest BCUT2D eigenvalue weighted by Gasteiger charge is -2.02. The molecule has 2 heteroatoms. The Morgan fingerprint density at radius 3 is 2.29 bits per heavy atom. The molecule has 0 N–H and O–H groups in total. The average molecular weight is 184 g/mol. The normalized spacial score (nSPS) is 10.1. The third-order valence-electron chi connectivity index (χ3n) is 2.26. The molecule has 0 atom stereocenters. The van der Waals surface area contributed by atoms with Gasteiger partial charge in [0.15, 0.2) is 0 Å². The predicted octanol–water partition coefficient (Wildman–Crippen LogP) is 2.76. The highest BCUT2D eigenvalue weighted by Crippen LogP contribution is 2.15. The fraction of sp³-hybridized carbons (Fsp3) is 0.167. The summed E-state index contributed by atoms with van der Waals surface area (Å²) in [7, 11) is 0. The van der Waals surface area contributed by atoms with E-state index in [-0.39, 0.29) is 0 Å².